The Labute approximate surface area is 119 Å². The van der Waals surface area contributed by atoms with Crippen molar-refractivity contribution in [2.45, 2.75) is 0 Å². The molecule has 0 aliphatic heterocycles. The Morgan fingerprint density at radius 3 is 2.89 bits per heavy atom. The van der Waals surface area contributed by atoms with E-state index in [1.165, 1.54) is 18.4 Å². The van der Waals surface area contributed by atoms with E-state index in [1.807, 2.05) is 0 Å². The van der Waals surface area contributed by atoms with E-state index >= 15 is 0 Å². The van der Waals surface area contributed by atoms with Crippen LogP contribution in [0.25, 0.3) is 0 Å². The van der Waals surface area contributed by atoms with Gasteiger partial charge >= 0.3 is 5.97 Å². The van der Waals surface area contributed by atoms with Gasteiger partial charge in [-0.2, -0.15) is 0 Å². The van der Waals surface area contributed by atoms with E-state index in [9.17, 15) is 4.79 Å². The largest absolute Gasteiger partial charge is 0.497 e. The molecule has 0 saturated heterocycles. The smallest absolute Gasteiger partial charge is 0.357 e. The maximum Gasteiger partial charge on any atom is 0.357 e. The van der Waals surface area contributed by atoms with Crippen LogP contribution in [0.3, 0.4) is 0 Å². The third-order valence-electron chi connectivity index (χ3n) is 2.31. The lowest BCUT2D eigenvalue weighted by molar-refractivity contribution is 0.0595. The average molecular weight is 299 g/mol. The number of nitrogens with one attached hydrogen (secondary N) is 1. The molecule has 0 spiro atoms. The van der Waals surface area contributed by atoms with Crippen molar-refractivity contribution in [1.82, 2.24) is 4.98 Å². The Balaban J connectivity index is 2.21. The summed E-state index contributed by atoms with van der Waals surface area (Å²) < 4.78 is 9.71. The van der Waals surface area contributed by atoms with E-state index in [1.54, 1.807) is 30.7 Å². The van der Waals surface area contributed by atoms with Crippen LogP contribution in [-0.4, -0.2) is 25.2 Å². The molecular weight excluding hydrogens is 288 g/mol. The zero-order valence-electron chi connectivity index (χ0n) is 10.3. The number of ether oxygens (including phenoxy) is 2. The van der Waals surface area contributed by atoms with Crippen LogP contribution >= 0.6 is 22.9 Å². The molecule has 1 aromatic carbocycles. The van der Waals surface area contributed by atoms with Crippen molar-refractivity contribution >= 4 is 39.7 Å². The molecule has 7 heteroatoms. The van der Waals surface area contributed by atoms with Gasteiger partial charge < -0.3 is 14.8 Å². The molecule has 100 valence electrons. The number of carbonyl (C=O) groups is 1. The predicted molar refractivity (Wildman–Crippen MR) is 74.7 cm³/mol. The molecule has 0 unspecified atom stereocenters. The number of hydrogen-bond acceptors (Lipinski definition) is 6. The van der Waals surface area contributed by atoms with Crippen molar-refractivity contribution in [2.75, 3.05) is 19.5 Å². The van der Waals surface area contributed by atoms with Crippen molar-refractivity contribution in [3.63, 3.8) is 0 Å². The summed E-state index contributed by atoms with van der Waals surface area (Å²) in [7, 11) is 2.89. The minimum absolute atomic E-state index is 0.258. The van der Waals surface area contributed by atoms with Gasteiger partial charge in [-0.3, -0.25) is 0 Å². The number of methoxy groups -OCH3 is 2. The Kier molecular flexibility index (Phi) is 4.24. The molecule has 2 rings (SSSR count). The van der Waals surface area contributed by atoms with Gasteiger partial charge in [0.05, 0.1) is 24.9 Å². The summed E-state index contributed by atoms with van der Waals surface area (Å²) in [6.07, 6.45) is 0. The van der Waals surface area contributed by atoms with E-state index in [-0.39, 0.29) is 5.69 Å². The number of rotatable bonds is 4. The molecule has 0 radical (unpaired) electrons. The standard InChI is InChI=1S/C12H11ClN2O3S/c1-17-7-3-4-8(13)9(5-7)14-12-15-10(6-19-12)11(16)18-2/h3-6H,1-2H3,(H,14,15). The van der Waals surface area contributed by atoms with Crippen molar-refractivity contribution in [1.29, 1.82) is 0 Å². The zero-order valence-corrected chi connectivity index (χ0v) is 11.8. The molecule has 0 atom stereocenters. The first-order chi connectivity index (χ1) is 9.13. The monoisotopic (exact) mass is 298 g/mol. The summed E-state index contributed by atoms with van der Waals surface area (Å²) in [6, 6.07) is 5.23. The average Bonchev–Trinajstić information content (AvgIpc) is 2.89. The molecule has 19 heavy (non-hydrogen) atoms. The second-order valence-corrected chi connectivity index (χ2v) is 4.77. The van der Waals surface area contributed by atoms with E-state index in [0.717, 1.165) is 0 Å². The highest BCUT2D eigenvalue weighted by molar-refractivity contribution is 7.14. The molecule has 0 saturated carbocycles. The first-order valence-electron chi connectivity index (χ1n) is 5.28. The van der Waals surface area contributed by atoms with Gasteiger partial charge in [-0.25, -0.2) is 9.78 Å². The Hall–Kier alpha value is -1.79. The number of aromatic nitrogens is 1. The maximum absolute atomic E-state index is 11.3. The number of benzene rings is 1. The third kappa shape index (κ3) is 3.15. The molecule has 0 bridgehead atoms. The highest BCUT2D eigenvalue weighted by Crippen LogP contribution is 2.30. The lowest BCUT2D eigenvalue weighted by Gasteiger charge is -2.07. The van der Waals surface area contributed by atoms with Crippen molar-refractivity contribution in [2.24, 2.45) is 0 Å². The number of halogens is 1. The van der Waals surface area contributed by atoms with Crippen LogP contribution in [0.2, 0.25) is 5.02 Å². The highest BCUT2D eigenvalue weighted by atomic mass is 35.5. The second-order valence-electron chi connectivity index (χ2n) is 3.50. The Morgan fingerprint density at radius 2 is 2.21 bits per heavy atom. The topological polar surface area (TPSA) is 60.5 Å². The van der Waals surface area contributed by atoms with Crippen molar-refractivity contribution in [3.8, 4) is 5.75 Å². The number of carbonyl (C=O) groups excluding carboxylic acids is 1. The predicted octanol–water partition coefficient (Wildman–Crippen LogP) is 3.34. The van der Waals surface area contributed by atoms with E-state index in [4.69, 9.17) is 16.3 Å². The van der Waals surface area contributed by atoms with Crippen LogP contribution in [0.5, 0.6) is 5.75 Å². The van der Waals surface area contributed by atoms with Crippen molar-refractivity contribution < 1.29 is 14.3 Å². The molecule has 1 N–H and O–H groups in total. The molecule has 0 amide bonds. The van der Waals surface area contributed by atoms with E-state index in [2.05, 4.69) is 15.0 Å². The quantitative estimate of drug-likeness (QED) is 0.877. The van der Waals surface area contributed by atoms with Crippen LogP contribution < -0.4 is 10.1 Å². The number of nitrogens with zero attached hydrogens (tertiary/aromatic N) is 1. The van der Waals surface area contributed by atoms with E-state index < -0.39 is 5.97 Å². The van der Waals surface area contributed by atoms with E-state index in [0.29, 0.717) is 21.6 Å². The summed E-state index contributed by atoms with van der Waals surface area (Å²) in [5, 5.41) is 5.74. The molecule has 1 aromatic heterocycles. The lowest BCUT2D eigenvalue weighted by Crippen LogP contribution is -2.01. The molecule has 2 aromatic rings. The zero-order chi connectivity index (χ0) is 13.8. The fourth-order valence-electron chi connectivity index (χ4n) is 1.37. The highest BCUT2D eigenvalue weighted by Gasteiger charge is 2.11. The summed E-state index contributed by atoms with van der Waals surface area (Å²) in [5.74, 6) is 0.206. The first-order valence-corrected chi connectivity index (χ1v) is 6.54. The fraction of sp³-hybridized carbons (Fsp3) is 0.167. The van der Waals surface area contributed by atoms with Crippen LogP contribution in [0.15, 0.2) is 23.6 Å². The van der Waals surface area contributed by atoms with Crippen LogP contribution in [0.4, 0.5) is 10.8 Å². The summed E-state index contributed by atoms with van der Waals surface area (Å²) >= 11 is 7.35. The minimum atomic E-state index is -0.471. The number of anilines is 2. The number of thiazole rings is 1. The van der Waals surface area contributed by atoms with Crippen LogP contribution in [-0.2, 0) is 4.74 Å². The van der Waals surface area contributed by atoms with Gasteiger partial charge in [0.25, 0.3) is 0 Å². The summed E-state index contributed by atoms with van der Waals surface area (Å²) in [5.41, 5.74) is 0.917. The molecule has 0 aliphatic carbocycles. The van der Waals surface area contributed by atoms with Crippen molar-refractivity contribution in [3.05, 3.63) is 34.3 Å². The second kappa shape index (κ2) is 5.90. The fourth-order valence-corrected chi connectivity index (χ4v) is 2.23. The molecule has 0 fully saturated rings. The Morgan fingerprint density at radius 1 is 1.42 bits per heavy atom. The minimum Gasteiger partial charge on any atom is -0.497 e. The van der Waals surface area contributed by atoms with Gasteiger partial charge in [-0.1, -0.05) is 11.6 Å². The number of esters is 1. The van der Waals surface area contributed by atoms with Gasteiger partial charge in [0.1, 0.15) is 5.75 Å². The van der Waals surface area contributed by atoms with Gasteiger partial charge in [0.2, 0.25) is 0 Å². The molecule has 5 nitrogen and oxygen atoms in total. The van der Waals surface area contributed by atoms with Gasteiger partial charge in [0, 0.05) is 11.4 Å². The van der Waals surface area contributed by atoms with Gasteiger partial charge in [-0.05, 0) is 12.1 Å². The first kappa shape index (κ1) is 13.6. The van der Waals surface area contributed by atoms with Crippen LogP contribution in [0, 0.1) is 0 Å². The van der Waals surface area contributed by atoms with Crippen LogP contribution in [0.1, 0.15) is 10.5 Å². The molecule has 0 aliphatic rings. The normalized spacial score (nSPS) is 10.1. The lowest BCUT2D eigenvalue weighted by atomic mass is 10.3. The van der Waals surface area contributed by atoms with Gasteiger partial charge in [-0.15, -0.1) is 11.3 Å². The van der Waals surface area contributed by atoms with Gasteiger partial charge in [0.15, 0.2) is 10.8 Å². The SMILES string of the molecule is COC(=O)c1csc(Nc2cc(OC)ccc2Cl)n1. The molecular formula is C12H11ClN2O3S. The number of hydrogen-bond donors (Lipinski definition) is 1. The maximum atomic E-state index is 11.3. The summed E-state index contributed by atoms with van der Waals surface area (Å²) in [4.78, 5) is 15.4. The molecule has 1 heterocycles. The third-order valence-corrected chi connectivity index (χ3v) is 3.40. The Bertz CT molecular complexity index is 600. The summed E-state index contributed by atoms with van der Waals surface area (Å²) in [6.45, 7) is 0.